The van der Waals surface area contributed by atoms with Crippen molar-refractivity contribution in [2.75, 3.05) is 13.1 Å². The molecule has 0 aromatic heterocycles. The van der Waals surface area contributed by atoms with Crippen LogP contribution in [-0.4, -0.2) is 29.7 Å². The monoisotopic (exact) mass is 239 g/mol. The van der Waals surface area contributed by atoms with Crippen molar-refractivity contribution >= 4 is 6.09 Å². The van der Waals surface area contributed by atoms with Crippen LogP contribution >= 0.6 is 0 Å². The topological polar surface area (TPSA) is 29.5 Å². The molecular formula is C14H25NO2. The van der Waals surface area contributed by atoms with Crippen molar-refractivity contribution < 1.29 is 9.53 Å². The van der Waals surface area contributed by atoms with E-state index in [1.807, 2.05) is 27.7 Å². The molecule has 0 fully saturated rings. The Labute approximate surface area is 106 Å². The minimum Gasteiger partial charge on any atom is -0.444 e. The smallest absolute Gasteiger partial charge is 0.410 e. The lowest BCUT2D eigenvalue weighted by atomic mass is 10.0. The molecule has 17 heavy (non-hydrogen) atoms. The molecule has 1 atom stereocenters. The molecule has 3 nitrogen and oxygen atoms in total. The molecule has 1 unspecified atom stereocenters. The van der Waals surface area contributed by atoms with E-state index in [4.69, 9.17) is 11.2 Å². The zero-order valence-electron chi connectivity index (χ0n) is 11.7. The predicted molar refractivity (Wildman–Crippen MR) is 70.7 cm³/mol. The van der Waals surface area contributed by atoms with Crippen LogP contribution in [0.15, 0.2) is 0 Å². The summed E-state index contributed by atoms with van der Waals surface area (Å²) in [4.78, 5) is 13.5. The minimum absolute atomic E-state index is 0.242. The molecule has 0 rings (SSSR count). The summed E-state index contributed by atoms with van der Waals surface area (Å²) in [7, 11) is 0. The van der Waals surface area contributed by atoms with E-state index >= 15 is 0 Å². The fourth-order valence-corrected chi connectivity index (χ4v) is 1.42. The van der Waals surface area contributed by atoms with Gasteiger partial charge in [-0.2, -0.15) is 0 Å². The van der Waals surface area contributed by atoms with Gasteiger partial charge in [0.2, 0.25) is 0 Å². The first kappa shape index (κ1) is 15.8. The van der Waals surface area contributed by atoms with Crippen LogP contribution in [0.1, 0.15) is 47.5 Å². The summed E-state index contributed by atoms with van der Waals surface area (Å²) in [5.41, 5.74) is -0.444. The Morgan fingerprint density at radius 3 is 2.35 bits per heavy atom. The molecule has 1 amide bonds. The number of rotatable bonds is 5. The summed E-state index contributed by atoms with van der Waals surface area (Å²) < 4.78 is 5.33. The van der Waals surface area contributed by atoms with Crippen molar-refractivity contribution in [2.24, 2.45) is 5.92 Å². The summed E-state index contributed by atoms with van der Waals surface area (Å²) in [5.74, 6) is 2.98. The molecule has 0 aliphatic heterocycles. The molecule has 0 saturated heterocycles. The average Bonchev–Trinajstić information content (AvgIpc) is 2.22. The first-order chi connectivity index (χ1) is 7.84. The van der Waals surface area contributed by atoms with Gasteiger partial charge in [-0.3, -0.25) is 0 Å². The maximum atomic E-state index is 11.8. The molecule has 0 aliphatic carbocycles. The average molecular weight is 239 g/mol. The van der Waals surface area contributed by atoms with Gasteiger partial charge in [0.15, 0.2) is 0 Å². The molecule has 0 bridgehead atoms. The van der Waals surface area contributed by atoms with E-state index in [0.717, 1.165) is 12.8 Å². The van der Waals surface area contributed by atoms with Crippen molar-refractivity contribution in [1.29, 1.82) is 0 Å². The predicted octanol–water partition coefficient (Wildman–Crippen LogP) is 3.29. The number of carbonyl (C=O) groups is 1. The van der Waals surface area contributed by atoms with Crippen LogP contribution in [0.3, 0.4) is 0 Å². The lowest BCUT2D eigenvalue weighted by Gasteiger charge is -2.27. The van der Waals surface area contributed by atoms with Crippen molar-refractivity contribution in [3.05, 3.63) is 0 Å². The van der Waals surface area contributed by atoms with E-state index in [-0.39, 0.29) is 12.0 Å². The lowest BCUT2D eigenvalue weighted by molar-refractivity contribution is 0.0253. The van der Waals surface area contributed by atoms with Gasteiger partial charge >= 0.3 is 6.09 Å². The highest BCUT2D eigenvalue weighted by Gasteiger charge is 2.21. The number of amides is 1. The van der Waals surface area contributed by atoms with E-state index in [1.54, 1.807) is 4.90 Å². The summed E-state index contributed by atoms with van der Waals surface area (Å²) >= 11 is 0. The van der Waals surface area contributed by atoms with Gasteiger partial charge in [-0.25, -0.2) is 4.79 Å². The van der Waals surface area contributed by atoms with Gasteiger partial charge < -0.3 is 9.64 Å². The molecule has 0 aromatic rings. The Morgan fingerprint density at radius 1 is 1.41 bits per heavy atom. The fourth-order valence-electron chi connectivity index (χ4n) is 1.42. The second-order valence-corrected chi connectivity index (χ2v) is 5.12. The summed E-state index contributed by atoms with van der Waals surface area (Å²) in [5, 5.41) is 0. The Bertz CT molecular complexity index is 273. The molecule has 0 aromatic carbocycles. The SMILES string of the molecule is C#CC(CC)CCN(CC)C(=O)OC(C)(C)C. The highest BCUT2D eigenvalue weighted by Crippen LogP contribution is 2.12. The standard InChI is InChI=1S/C14H25NO2/c1-7-12(8-2)10-11-15(9-3)13(16)17-14(4,5)6/h1,12H,8-11H2,2-6H3. The van der Waals surface area contributed by atoms with Crippen LogP contribution in [0, 0.1) is 18.3 Å². The number of hydrogen-bond acceptors (Lipinski definition) is 2. The number of hydrogen-bond donors (Lipinski definition) is 0. The quantitative estimate of drug-likeness (QED) is 0.689. The number of terminal acetylenes is 1. The second kappa shape index (κ2) is 7.21. The maximum Gasteiger partial charge on any atom is 0.410 e. The molecule has 0 N–H and O–H groups in total. The van der Waals surface area contributed by atoms with Crippen molar-refractivity contribution in [2.45, 2.75) is 53.1 Å². The molecular weight excluding hydrogens is 214 g/mol. The van der Waals surface area contributed by atoms with E-state index in [1.165, 1.54) is 0 Å². The van der Waals surface area contributed by atoms with Gasteiger partial charge in [0.1, 0.15) is 5.60 Å². The minimum atomic E-state index is -0.444. The van der Waals surface area contributed by atoms with E-state index in [2.05, 4.69) is 12.8 Å². The lowest BCUT2D eigenvalue weighted by Crippen LogP contribution is -2.37. The van der Waals surface area contributed by atoms with Crippen LogP contribution in [0.4, 0.5) is 4.79 Å². The molecule has 3 heteroatoms. The Morgan fingerprint density at radius 2 is 2.00 bits per heavy atom. The maximum absolute atomic E-state index is 11.8. The number of ether oxygens (including phenoxy) is 1. The molecule has 0 saturated carbocycles. The third kappa shape index (κ3) is 6.88. The third-order valence-corrected chi connectivity index (χ3v) is 2.51. The van der Waals surface area contributed by atoms with Crippen LogP contribution in [0.5, 0.6) is 0 Å². The van der Waals surface area contributed by atoms with Crippen LogP contribution in [0.2, 0.25) is 0 Å². The molecule has 98 valence electrons. The van der Waals surface area contributed by atoms with Crippen LogP contribution in [-0.2, 0) is 4.74 Å². The summed E-state index contributed by atoms with van der Waals surface area (Å²) in [6, 6.07) is 0. The molecule has 0 heterocycles. The van der Waals surface area contributed by atoms with Gasteiger partial charge in [-0.1, -0.05) is 6.92 Å². The van der Waals surface area contributed by atoms with E-state index in [9.17, 15) is 4.79 Å². The highest BCUT2D eigenvalue weighted by atomic mass is 16.6. The number of nitrogens with zero attached hydrogens (tertiary/aromatic N) is 1. The first-order valence-electron chi connectivity index (χ1n) is 6.28. The van der Waals surface area contributed by atoms with Gasteiger partial charge in [0, 0.05) is 19.0 Å². The van der Waals surface area contributed by atoms with E-state index in [0.29, 0.717) is 13.1 Å². The van der Waals surface area contributed by atoms with Gasteiger partial charge in [0.25, 0.3) is 0 Å². The molecule has 0 aliphatic rings. The zero-order chi connectivity index (χ0) is 13.5. The Kier molecular flexibility index (Phi) is 6.72. The van der Waals surface area contributed by atoms with Crippen molar-refractivity contribution in [3.63, 3.8) is 0 Å². The second-order valence-electron chi connectivity index (χ2n) is 5.12. The van der Waals surface area contributed by atoms with Gasteiger partial charge in [-0.05, 0) is 40.5 Å². The fraction of sp³-hybridized carbons (Fsp3) is 0.786. The molecule has 0 radical (unpaired) electrons. The normalized spacial score (nSPS) is 12.7. The van der Waals surface area contributed by atoms with Crippen LogP contribution in [0.25, 0.3) is 0 Å². The van der Waals surface area contributed by atoms with E-state index < -0.39 is 5.60 Å². The highest BCUT2D eigenvalue weighted by molar-refractivity contribution is 5.68. The van der Waals surface area contributed by atoms with Crippen LogP contribution < -0.4 is 0 Å². The van der Waals surface area contributed by atoms with Gasteiger partial charge in [0.05, 0.1) is 0 Å². The first-order valence-corrected chi connectivity index (χ1v) is 6.28. The summed E-state index contributed by atoms with van der Waals surface area (Å²) in [6.45, 7) is 10.9. The van der Waals surface area contributed by atoms with Crippen molar-refractivity contribution in [1.82, 2.24) is 4.90 Å². The Balaban J connectivity index is 4.25. The Hall–Kier alpha value is -1.17. The zero-order valence-corrected chi connectivity index (χ0v) is 11.7. The largest absolute Gasteiger partial charge is 0.444 e. The number of carbonyl (C=O) groups excluding carboxylic acids is 1. The van der Waals surface area contributed by atoms with Gasteiger partial charge in [-0.15, -0.1) is 12.3 Å². The van der Waals surface area contributed by atoms with Crippen molar-refractivity contribution in [3.8, 4) is 12.3 Å². The third-order valence-electron chi connectivity index (χ3n) is 2.51. The molecule has 0 spiro atoms. The summed E-state index contributed by atoms with van der Waals surface area (Å²) in [6.07, 6.45) is 6.93.